The van der Waals surface area contributed by atoms with E-state index in [1.165, 1.54) is 0 Å². The zero-order valence-corrected chi connectivity index (χ0v) is 18.8. The number of ether oxygens (including phenoxy) is 1. The van der Waals surface area contributed by atoms with Gasteiger partial charge in [0, 0.05) is 67.6 Å². The number of cyclic esters (lactones) is 1. The Morgan fingerprint density at radius 2 is 1.61 bits per heavy atom. The summed E-state index contributed by atoms with van der Waals surface area (Å²) in [6.07, 6.45) is 3.40. The summed E-state index contributed by atoms with van der Waals surface area (Å²) in [5, 5.41) is 0. The van der Waals surface area contributed by atoms with Gasteiger partial charge < -0.3 is 14.5 Å². The molecule has 0 aliphatic carbocycles. The molecule has 5 heteroatoms. The van der Waals surface area contributed by atoms with Crippen molar-refractivity contribution in [2.75, 3.05) is 37.0 Å². The summed E-state index contributed by atoms with van der Waals surface area (Å²) < 4.78 is 6.22. The molecule has 31 heavy (non-hydrogen) atoms. The van der Waals surface area contributed by atoms with Crippen molar-refractivity contribution in [3.05, 3.63) is 88.7 Å². The van der Waals surface area contributed by atoms with Crippen molar-refractivity contribution in [3.63, 3.8) is 0 Å². The first-order valence-corrected chi connectivity index (χ1v) is 10.7. The molecule has 2 aromatic carbocycles. The van der Waals surface area contributed by atoms with Crippen molar-refractivity contribution in [3.8, 4) is 0 Å². The summed E-state index contributed by atoms with van der Waals surface area (Å²) in [7, 11) is 4.04. The molecule has 1 aliphatic heterocycles. The van der Waals surface area contributed by atoms with Gasteiger partial charge in [-0.1, -0.05) is 18.2 Å². The molecular formula is C26H29N3O2. The molecular weight excluding hydrogens is 386 g/mol. The fraction of sp³-hybridized carbons (Fsp3) is 0.308. The van der Waals surface area contributed by atoms with Gasteiger partial charge in [-0.2, -0.15) is 0 Å². The van der Waals surface area contributed by atoms with Crippen LogP contribution in [0, 0.1) is 6.92 Å². The molecule has 0 saturated carbocycles. The van der Waals surface area contributed by atoms with Gasteiger partial charge >= 0.3 is 5.97 Å². The molecule has 0 fully saturated rings. The van der Waals surface area contributed by atoms with Crippen LogP contribution in [0.5, 0.6) is 0 Å². The maximum absolute atomic E-state index is 12.9. The van der Waals surface area contributed by atoms with E-state index in [4.69, 9.17) is 4.74 Å². The maximum Gasteiger partial charge on any atom is 0.340 e. The predicted molar refractivity (Wildman–Crippen MR) is 125 cm³/mol. The minimum absolute atomic E-state index is 0.318. The average molecular weight is 416 g/mol. The van der Waals surface area contributed by atoms with Crippen LogP contribution >= 0.6 is 0 Å². The molecule has 0 spiro atoms. The Bertz CT molecular complexity index is 1100. The second-order valence-corrected chi connectivity index (χ2v) is 8.10. The zero-order chi connectivity index (χ0) is 22.2. The third kappa shape index (κ3) is 3.34. The Morgan fingerprint density at radius 3 is 2.23 bits per heavy atom. The van der Waals surface area contributed by atoms with E-state index in [1.807, 2.05) is 14.1 Å². The van der Waals surface area contributed by atoms with Gasteiger partial charge in [-0.15, -0.1) is 0 Å². The molecule has 5 nitrogen and oxygen atoms in total. The second-order valence-electron chi connectivity index (χ2n) is 8.10. The molecule has 3 aromatic rings. The lowest BCUT2D eigenvalue weighted by Crippen LogP contribution is -2.31. The number of aryl methyl sites for hydroxylation is 1. The Balaban J connectivity index is 1.94. The van der Waals surface area contributed by atoms with Crippen LogP contribution in [0.3, 0.4) is 0 Å². The SMILES string of the molecule is CCN(CC)c1ccc(C2(c3ccc(N(C)C)cc3C)OC(=O)c3ccncc32)cc1. The molecule has 1 aliphatic rings. The van der Waals surface area contributed by atoms with Gasteiger partial charge in [0.15, 0.2) is 5.60 Å². The molecule has 0 saturated heterocycles. The number of hydrogen-bond donors (Lipinski definition) is 0. The molecule has 160 valence electrons. The van der Waals surface area contributed by atoms with E-state index < -0.39 is 5.60 Å². The van der Waals surface area contributed by atoms with E-state index in [1.54, 1.807) is 18.5 Å². The molecule has 0 bridgehead atoms. The van der Waals surface area contributed by atoms with Crippen LogP contribution in [0.1, 0.15) is 46.5 Å². The van der Waals surface area contributed by atoms with Crippen molar-refractivity contribution >= 4 is 17.3 Å². The van der Waals surface area contributed by atoms with Crippen LogP contribution in [0.4, 0.5) is 11.4 Å². The summed E-state index contributed by atoms with van der Waals surface area (Å²) in [5.41, 5.74) is 5.53. The van der Waals surface area contributed by atoms with E-state index in [-0.39, 0.29) is 5.97 Å². The van der Waals surface area contributed by atoms with Crippen LogP contribution in [-0.4, -0.2) is 38.1 Å². The molecule has 2 heterocycles. The number of pyridine rings is 1. The van der Waals surface area contributed by atoms with Crippen molar-refractivity contribution in [2.24, 2.45) is 0 Å². The highest BCUT2D eigenvalue weighted by Crippen LogP contribution is 2.48. The number of esters is 1. The highest BCUT2D eigenvalue weighted by atomic mass is 16.6. The summed E-state index contributed by atoms with van der Waals surface area (Å²) in [6.45, 7) is 8.24. The Hall–Kier alpha value is -3.34. The fourth-order valence-electron chi connectivity index (χ4n) is 4.49. The lowest BCUT2D eigenvalue weighted by atomic mass is 9.78. The highest BCUT2D eigenvalue weighted by molar-refractivity contribution is 5.96. The third-order valence-electron chi connectivity index (χ3n) is 6.17. The van der Waals surface area contributed by atoms with Crippen molar-refractivity contribution in [2.45, 2.75) is 26.4 Å². The maximum atomic E-state index is 12.9. The standard InChI is InChI=1S/C26H29N3O2/c1-6-29(7-2)20-10-8-19(9-11-20)26(23-13-12-21(28(4)5)16-18(23)3)24-17-27-15-14-22(24)25(30)31-26/h8-17H,6-7H2,1-5H3. The number of anilines is 2. The van der Waals surface area contributed by atoms with Crippen LogP contribution in [0.25, 0.3) is 0 Å². The fourth-order valence-corrected chi connectivity index (χ4v) is 4.49. The quantitative estimate of drug-likeness (QED) is 0.543. The smallest absolute Gasteiger partial charge is 0.340 e. The van der Waals surface area contributed by atoms with Gasteiger partial charge in [0.25, 0.3) is 0 Å². The Labute approximate surface area is 184 Å². The number of carbonyl (C=O) groups is 1. The zero-order valence-electron chi connectivity index (χ0n) is 18.8. The summed E-state index contributed by atoms with van der Waals surface area (Å²) in [5.74, 6) is -0.318. The normalized spacial score (nSPS) is 17.3. The number of nitrogens with zero attached hydrogens (tertiary/aromatic N) is 3. The van der Waals surface area contributed by atoms with Crippen LogP contribution in [0.2, 0.25) is 0 Å². The van der Waals surface area contributed by atoms with Gasteiger partial charge in [-0.3, -0.25) is 4.98 Å². The van der Waals surface area contributed by atoms with E-state index in [2.05, 4.69) is 78.0 Å². The number of hydrogen-bond acceptors (Lipinski definition) is 5. The van der Waals surface area contributed by atoms with Crippen molar-refractivity contribution in [1.29, 1.82) is 0 Å². The van der Waals surface area contributed by atoms with E-state index in [0.717, 1.165) is 46.7 Å². The second kappa shape index (κ2) is 8.06. The number of rotatable bonds is 6. The predicted octanol–water partition coefficient (Wildman–Crippen LogP) is 4.76. The summed E-state index contributed by atoms with van der Waals surface area (Å²) in [4.78, 5) is 21.6. The number of fused-ring (bicyclic) bond motifs is 1. The largest absolute Gasteiger partial charge is 0.441 e. The van der Waals surface area contributed by atoms with Gasteiger partial charge in [0.2, 0.25) is 0 Å². The number of aromatic nitrogens is 1. The Morgan fingerprint density at radius 1 is 0.935 bits per heavy atom. The molecule has 0 amide bonds. The lowest BCUT2D eigenvalue weighted by Gasteiger charge is -2.32. The van der Waals surface area contributed by atoms with Crippen molar-refractivity contribution < 1.29 is 9.53 Å². The average Bonchev–Trinajstić information content (AvgIpc) is 3.08. The summed E-state index contributed by atoms with van der Waals surface area (Å²) >= 11 is 0. The first kappa shape index (κ1) is 20.9. The molecule has 1 aromatic heterocycles. The van der Waals surface area contributed by atoms with Crippen LogP contribution in [0.15, 0.2) is 60.9 Å². The highest BCUT2D eigenvalue weighted by Gasteiger charge is 2.49. The van der Waals surface area contributed by atoms with Gasteiger partial charge in [-0.25, -0.2) is 4.79 Å². The topological polar surface area (TPSA) is 45.7 Å². The van der Waals surface area contributed by atoms with Crippen LogP contribution in [-0.2, 0) is 10.3 Å². The molecule has 1 unspecified atom stereocenters. The molecule has 0 radical (unpaired) electrons. The monoisotopic (exact) mass is 415 g/mol. The minimum Gasteiger partial charge on any atom is -0.441 e. The van der Waals surface area contributed by atoms with E-state index in [0.29, 0.717) is 5.56 Å². The first-order chi connectivity index (χ1) is 14.9. The molecule has 1 atom stereocenters. The lowest BCUT2D eigenvalue weighted by molar-refractivity contribution is 0.0249. The number of carbonyl (C=O) groups excluding carboxylic acids is 1. The van der Waals surface area contributed by atoms with Crippen LogP contribution < -0.4 is 9.80 Å². The third-order valence-corrected chi connectivity index (χ3v) is 6.17. The van der Waals surface area contributed by atoms with Crippen molar-refractivity contribution in [1.82, 2.24) is 4.98 Å². The number of benzene rings is 2. The van der Waals surface area contributed by atoms with Gasteiger partial charge in [0.05, 0.1) is 5.56 Å². The first-order valence-electron chi connectivity index (χ1n) is 10.7. The molecule has 0 N–H and O–H groups in total. The summed E-state index contributed by atoms with van der Waals surface area (Å²) in [6, 6.07) is 16.4. The van der Waals surface area contributed by atoms with Gasteiger partial charge in [0.1, 0.15) is 0 Å². The van der Waals surface area contributed by atoms with E-state index >= 15 is 0 Å². The van der Waals surface area contributed by atoms with Gasteiger partial charge in [-0.05, 0) is 56.7 Å². The van der Waals surface area contributed by atoms with E-state index in [9.17, 15) is 4.79 Å². The minimum atomic E-state index is -1.02. The Kier molecular flexibility index (Phi) is 5.44. The molecule has 4 rings (SSSR count).